The van der Waals surface area contributed by atoms with E-state index in [-0.39, 0.29) is 0 Å². The van der Waals surface area contributed by atoms with E-state index in [1.165, 1.54) is 31.3 Å². The Morgan fingerprint density at radius 1 is 1.25 bits per heavy atom. The van der Waals surface area contributed by atoms with Crippen LogP contribution in [-0.2, 0) is 0 Å². The molecule has 0 aromatic rings. The molecular formula is C11H19N. The standard InChI is InChI=1S/C11H19N/c1-7-3-4-10-8(2)11(12)6-5-9(7)10/h7,9,11H,3-6,12H2,1-2H3/t7?,9?,11-/m1/s1. The van der Waals surface area contributed by atoms with Crippen LogP contribution >= 0.6 is 0 Å². The van der Waals surface area contributed by atoms with Crippen molar-refractivity contribution in [2.45, 2.75) is 45.6 Å². The van der Waals surface area contributed by atoms with E-state index in [2.05, 4.69) is 13.8 Å². The minimum absolute atomic E-state index is 0.376. The van der Waals surface area contributed by atoms with Crippen molar-refractivity contribution in [2.75, 3.05) is 0 Å². The molecule has 1 nitrogen and oxygen atoms in total. The number of fused-ring (bicyclic) bond motifs is 1. The molecule has 12 heavy (non-hydrogen) atoms. The maximum absolute atomic E-state index is 6.02. The highest BCUT2D eigenvalue weighted by atomic mass is 14.6. The van der Waals surface area contributed by atoms with E-state index in [0.717, 1.165) is 11.8 Å². The van der Waals surface area contributed by atoms with E-state index in [1.54, 1.807) is 5.57 Å². The van der Waals surface area contributed by atoms with Gasteiger partial charge in [-0.15, -0.1) is 0 Å². The van der Waals surface area contributed by atoms with E-state index in [4.69, 9.17) is 5.73 Å². The lowest BCUT2D eigenvalue weighted by Gasteiger charge is -2.28. The van der Waals surface area contributed by atoms with Gasteiger partial charge in [0.15, 0.2) is 0 Å². The highest BCUT2D eigenvalue weighted by Crippen LogP contribution is 2.44. The fraction of sp³-hybridized carbons (Fsp3) is 0.818. The maximum Gasteiger partial charge on any atom is 0.0253 e. The molecule has 1 saturated carbocycles. The van der Waals surface area contributed by atoms with Gasteiger partial charge < -0.3 is 5.73 Å². The highest BCUT2D eigenvalue weighted by Gasteiger charge is 2.33. The number of rotatable bonds is 0. The zero-order chi connectivity index (χ0) is 8.72. The third-order valence-electron chi connectivity index (χ3n) is 3.85. The number of hydrogen-bond acceptors (Lipinski definition) is 1. The van der Waals surface area contributed by atoms with Gasteiger partial charge in [-0.1, -0.05) is 18.1 Å². The lowest BCUT2D eigenvalue weighted by atomic mass is 9.80. The summed E-state index contributed by atoms with van der Waals surface area (Å²) in [6.07, 6.45) is 5.27. The molecule has 2 aliphatic carbocycles. The Morgan fingerprint density at radius 2 is 2.00 bits per heavy atom. The summed E-state index contributed by atoms with van der Waals surface area (Å²) in [7, 11) is 0. The molecular weight excluding hydrogens is 146 g/mol. The van der Waals surface area contributed by atoms with Crippen molar-refractivity contribution >= 4 is 0 Å². The first-order valence-electron chi connectivity index (χ1n) is 5.15. The van der Waals surface area contributed by atoms with Gasteiger partial charge in [-0.2, -0.15) is 0 Å². The van der Waals surface area contributed by atoms with Gasteiger partial charge in [-0.05, 0) is 44.4 Å². The molecule has 3 atom stereocenters. The van der Waals surface area contributed by atoms with Crippen LogP contribution in [0.3, 0.4) is 0 Å². The molecule has 2 N–H and O–H groups in total. The van der Waals surface area contributed by atoms with Crippen LogP contribution in [0.5, 0.6) is 0 Å². The Bertz CT molecular complexity index is 217. The van der Waals surface area contributed by atoms with Crippen molar-refractivity contribution in [1.29, 1.82) is 0 Å². The molecule has 0 aromatic heterocycles. The lowest BCUT2D eigenvalue weighted by Crippen LogP contribution is -2.28. The van der Waals surface area contributed by atoms with Gasteiger partial charge in [0.1, 0.15) is 0 Å². The van der Waals surface area contributed by atoms with E-state index < -0.39 is 0 Å². The first-order valence-corrected chi connectivity index (χ1v) is 5.15. The number of allylic oxidation sites excluding steroid dienone is 1. The molecule has 0 bridgehead atoms. The Kier molecular flexibility index (Phi) is 1.99. The minimum atomic E-state index is 0.376. The van der Waals surface area contributed by atoms with Gasteiger partial charge in [0.05, 0.1) is 0 Å². The molecule has 0 amide bonds. The summed E-state index contributed by atoms with van der Waals surface area (Å²) in [5.74, 6) is 1.81. The quantitative estimate of drug-likeness (QED) is 0.548. The molecule has 0 radical (unpaired) electrons. The lowest BCUT2D eigenvalue weighted by molar-refractivity contribution is 0.390. The predicted octanol–water partition coefficient (Wildman–Crippen LogP) is 2.47. The Morgan fingerprint density at radius 3 is 2.75 bits per heavy atom. The zero-order valence-corrected chi connectivity index (χ0v) is 8.14. The molecule has 0 aromatic carbocycles. The number of nitrogens with two attached hydrogens (primary N) is 1. The molecule has 1 heteroatoms. The average molecular weight is 165 g/mol. The minimum Gasteiger partial charge on any atom is -0.324 e. The molecule has 68 valence electrons. The highest BCUT2D eigenvalue weighted by molar-refractivity contribution is 5.26. The van der Waals surface area contributed by atoms with Crippen molar-refractivity contribution in [2.24, 2.45) is 17.6 Å². The summed E-state index contributed by atoms with van der Waals surface area (Å²) in [5, 5.41) is 0. The third kappa shape index (κ3) is 1.11. The molecule has 0 aliphatic heterocycles. The van der Waals surface area contributed by atoms with Gasteiger partial charge in [0.25, 0.3) is 0 Å². The predicted molar refractivity (Wildman–Crippen MR) is 51.8 cm³/mol. The van der Waals surface area contributed by atoms with E-state index in [1.807, 2.05) is 0 Å². The van der Waals surface area contributed by atoms with Crippen molar-refractivity contribution in [3.05, 3.63) is 11.1 Å². The second kappa shape index (κ2) is 2.88. The summed E-state index contributed by atoms with van der Waals surface area (Å²) >= 11 is 0. The zero-order valence-electron chi connectivity index (χ0n) is 8.14. The van der Waals surface area contributed by atoms with E-state index >= 15 is 0 Å². The second-order valence-electron chi connectivity index (χ2n) is 4.51. The van der Waals surface area contributed by atoms with Crippen molar-refractivity contribution in [3.63, 3.8) is 0 Å². The maximum atomic E-state index is 6.02. The summed E-state index contributed by atoms with van der Waals surface area (Å²) in [6.45, 7) is 4.63. The molecule has 2 unspecified atom stereocenters. The van der Waals surface area contributed by atoms with Gasteiger partial charge >= 0.3 is 0 Å². The Balaban J connectivity index is 2.29. The fourth-order valence-corrected chi connectivity index (χ4v) is 2.88. The second-order valence-corrected chi connectivity index (χ2v) is 4.51. The van der Waals surface area contributed by atoms with Crippen LogP contribution in [0.4, 0.5) is 0 Å². The van der Waals surface area contributed by atoms with E-state index in [0.29, 0.717) is 6.04 Å². The largest absolute Gasteiger partial charge is 0.324 e. The van der Waals surface area contributed by atoms with Crippen molar-refractivity contribution in [3.8, 4) is 0 Å². The molecule has 0 spiro atoms. The summed E-state index contributed by atoms with van der Waals surface area (Å²) < 4.78 is 0. The molecule has 2 aliphatic rings. The topological polar surface area (TPSA) is 26.0 Å². The fourth-order valence-electron chi connectivity index (χ4n) is 2.88. The average Bonchev–Trinajstić information content (AvgIpc) is 2.41. The molecule has 0 saturated heterocycles. The first kappa shape index (κ1) is 8.31. The van der Waals surface area contributed by atoms with Crippen LogP contribution < -0.4 is 5.73 Å². The first-order chi connectivity index (χ1) is 5.70. The van der Waals surface area contributed by atoms with Crippen LogP contribution in [0.1, 0.15) is 39.5 Å². The summed E-state index contributed by atoms with van der Waals surface area (Å²) in [4.78, 5) is 0. The molecule has 2 rings (SSSR count). The Hall–Kier alpha value is -0.300. The third-order valence-corrected chi connectivity index (χ3v) is 3.85. The Labute approximate surface area is 75.0 Å². The smallest absolute Gasteiger partial charge is 0.0253 e. The van der Waals surface area contributed by atoms with Gasteiger partial charge in [-0.25, -0.2) is 0 Å². The van der Waals surface area contributed by atoms with Gasteiger partial charge in [-0.3, -0.25) is 0 Å². The summed E-state index contributed by atoms with van der Waals surface area (Å²) in [5.41, 5.74) is 9.24. The van der Waals surface area contributed by atoms with Crippen LogP contribution in [0.25, 0.3) is 0 Å². The van der Waals surface area contributed by atoms with Crippen molar-refractivity contribution in [1.82, 2.24) is 0 Å². The van der Waals surface area contributed by atoms with Crippen LogP contribution in [-0.4, -0.2) is 6.04 Å². The molecule has 1 fully saturated rings. The van der Waals surface area contributed by atoms with E-state index in [9.17, 15) is 0 Å². The monoisotopic (exact) mass is 165 g/mol. The SMILES string of the molecule is CC1=C2CCC(C)C2CC[C@H]1N. The summed E-state index contributed by atoms with van der Waals surface area (Å²) in [6, 6.07) is 0.376. The normalized spacial score (nSPS) is 41.8. The van der Waals surface area contributed by atoms with Crippen LogP contribution in [0.15, 0.2) is 11.1 Å². The molecule has 0 heterocycles. The van der Waals surface area contributed by atoms with Crippen molar-refractivity contribution < 1.29 is 0 Å². The van der Waals surface area contributed by atoms with Crippen LogP contribution in [0, 0.1) is 11.8 Å². The van der Waals surface area contributed by atoms with Crippen LogP contribution in [0.2, 0.25) is 0 Å². The van der Waals surface area contributed by atoms with Gasteiger partial charge in [0.2, 0.25) is 0 Å². The van der Waals surface area contributed by atoms with Gasteiger partial charge in [0, 0.05) is 6.04 Å². The number of hydrogen-bond donors (Lipinski definition) is 1.